The molecule has 150 valence electrons. The van der Waals surface area contributed by atoms with Gasteiger partial charge in [-0.15, -0.1) is 0 Å². The lowest BCUT2D eigenvalue weighted by Crippen LogP contribution is -2.31. The first-order chi connectivity index (χ1) is 13.7. The quantitative estimate of drug-likeness (QED) is 0.492. The molecule has 1 aromatic heterocycles. The van der Waals surface area contributed by atoms with Gasteiger partial charge >= 0.3 is 0 Å². The second-order valence-electron chi connectivity index (χ2n) is 6.57. The van der Waals surface area contributed by atoms with E-state index in [-0.39, 0.29) is 10.6 Å². The summed E-state index contributed by atoms with van der Waals surface area (Å²) in [6.45, 7) is 0.770. The van der Waals surface area contributed by atoms with Gasteiger partial charge in [0.05, 0.1) is 16.4 Å². The van der Waals surface area contributed by atoms with Crippen LogP contribution < -0.4 is 10.0 Å². The third-order valence-corrected chi connectivity index (χ3v) is 5.92. The van der Waals surface area contributed by atoms with E-state index in [9.17, 15) is 18.5 Å². The van der Waals surface area contributed by atoms with Gasteiger partial charge in [-0.05, 0) is 42.8 Å². The fourth-order valence-corrected chi connectivity index (χ4v) is 4.02. The van der Waals surface area contributed by atoms with E-state index in [4.69, 9.17) is 21.3 Å². The van der Waals surface area contributed by atoms with Crippen molar-refractivity contribution in [3.8, 4) is 11.3 Å². The van der Waals surface area contributed by atoms with Crippen LogP contribution in [0.1, 0.15) is 11.3 Å². The Hall–Kier alpha value is -2.95. The first-order valence-corrected chi connectivity index (χ1v) is 10.5. The third kappa shape index (κ3) is 3.69. The molecule has 3 aromatic rings. The molecule has 0 amide bonds. The number of benzene rings is 2. The molecule has 0 atom stereocenters. The van der Waals surface area contributed by atoms with Crippen molar-refractivity contribution in [2.24, 2.45) is 5.14 Å². The van der Waals surface area contributed by atoms with Crippen LogP contribution in [0.2, 0.25) is 5.02 Å². The molecule has 11 heteroatoms. The molecule has 0 saturated carbocycles. The van der Waals surface area contributed by atoms with Crippen molar-refractivity contribution >= 4 is 33.0 Å². The number of sulfonamides is 1. The highest BCUT2D eigenvalue weighted by molar-refractivity contribution is 7.89. The van der Waals surface area contributed by atoms with Gasteiger partial charge in [-0.3, -0.25) is 10.1 Å². The van der Waals surface area contributed by atoms with E-state index in [2.05, 4.69) is 5.16 Å². The van der Waals surface area contributed by atoms with Gasteiger partial charge in [0, 0.05) is 28.8 Å². The summed E-state index contributed by atoms with van der Waals surface area (Å²) in [6, 6.07) is 10.8. The molecule has 0 bridgehead atoms. The number of nitro benzene ring substituents is 1. The molecule has 0 fully saturated rings. The van der Waals surface area contributed by atoms with E-state index in [1.165, 1.54) is 12.1 Å². The number of primary sulfonamides is 1. The van der Waals surface area contributed by atoms with Crippen LogP contribution in [0, 0.1) is 10.1 Å². The Bertz CT molecular complexity index is 1210. The Balaban J connectivity index is 1.67. The number of nitro groups is 1. The minimum absolute atomic E-state index is 0.294. The molecule has 1 aliphatic heterocycles. The largest absolute Gasteiger partial charge is 0.360 e. The van der Waals surface area contributed by atoms with Crippen molar-refractivity contribution in [2.45, 2.75) is 17.9 Å². The number of aromatic nitrogens is 1. The predicted octanol–water partition coefficient (Wildman–Crippen LogP) is 3.11. The molecule has 4 rings (SSSR count). The normalized spacial score (nSPS) is 13.9. The summed E-state index contributed by atoms with van der Waals surface area (Å²) in [5, 5.41) is 21.3. The molecule has 0 spiro atoms. The van der Waals surface area contributed by atoms with Crippen LogP contribution in [-0.4, -0.2) is 25.0 Å². The number of rotatable bonds is 4. The van der Waals surface area contributed by atoms with Crippen LogP contribution >= 0.6 is 11.6 Å². The van der Waals surface area contributed by atoms with Crippen molar-refractivity contribution in [1.29, 1.82) is 0 Å². The molecular formula is C18H15ClN4O5S. The number of hydrogen-bond acceptors (Lipinski definition) is 7. The highest BCUT2D eigenvalue weighted by Crippen LogP contribution is 2.36. The lowest BCUT2D eigenvalue weighted by atomic mass is 10.00. The zero-order chi connectivity index (χ0) is 20.8. The fraction of sp³-hybridized carbons (Fsp3) is 0.167. The first-order valence-electron chi connectivity index (χ1n) is 8.53. The fourth-order valence-electron chi connectivity index (χ4n) is 3.36. The molecule has 9 nitrogen and oxygen atoms in total. The molecule has 0 aliphatic carbocycles. The lowest BCUT2D eigenvalue weighted by molar-refractivity contribution is -0.384. The van der Waals surface area contributed by atoms with E-state index in [1.807, 2.05) is 12.1 Å². The molecule has 0 unspecified atom stereocenters. The van der Waals surface area contributed by atoms with Gasteiger partial charge in [-0.2, -0.15) is 0 Å². The SMILES string of the molecule is NS(=O)(=O)c1ccc(N2CCc3c(noc3-c3ccc(Cl)cc3)C2)c([N+](=O)[O-])c1. The number of hydrogen-bond donors (Lipinski definition) is 1. The third-order valence-electron chi connectivity index (χ3n) is 4.76. The summed E-state index contributed by atoms with van der Waals surface area (Å²) >= 11 is 5.93. The van der Waals surface area contributed by atoms with Crippen LogP contribution in [0.4, 0.5) is 11.4 Å². The number of anilines is 1. The Morgan fingerprint density at radius 3 is 2.59 bits per heavy atom. The summed E-state index contributed by atoms with van der Waals surface area (Å²) in [4.78, 5) is 12.3. The van der Waals surface area contributed by atoms with E-state index in [0.29, 0.717) is 41.7 Å². The van der Waals surface area contributed by atoms with Crippen LogP contribution in [0.15, 0.2) is 51.9 Å². The van der Waals surface area contributed by atoms with Crippen LogP contribution in [0.25, 0.3) is 11.3 Å². The first kappa shape index (κ1) is 19.4. The zero-order valence-corrected chi connectivity index (χ0v) is 16.5. The maximum atomic E-state index is 11.5. The highest BCUT2D eigenvalue weighted by Gasteiger charge is 2.29. The van der Waals surface area contributed by atoms with Gasteiger partial charge in [-0.1, -0.05) is 16.8 Å². The Kier molecular flexibility index (Phi) is 4.77. The molecule has 2 heterocycles. The Morgan fingerprint density at radius 1 is 1.21 bits per heavy atom. The van der Waals surface area contributed by atoms with Crippen molar-refractivity contribution in [3.05, 3.63) is 68.9 Å². The van der Waals surface area contributed by atoms with Gasteiger partial charge < -0.3 is 9.42 Å². The number of fused-ring (bicyclic) bond motifs is 1. The van der Waals surface area contributed by atoms with Crippen molar-refractivity contribution in [3.63, 3.8) is 0 Å². The average molecular weight is 435 g/mol. The molecule has 0 radical (unpaired) electrons. The summed E-state index contributed by atoms with van der Waals surface area (Å²) in [7, 11) is -4.05. The monoisotopic (exact) mass is 434 g/mol. The number of nitrogens with two attached hydrogens (primary N) is 1. The lowest BCUT2D eigenvalue weighted by Gasteiger charge is -2.27. The van der Waals surface area contributed by atoms with Crippen LogP contribution in [0.5, 0.6) is 0 Å². The van der Waals surface area contributed by atoms with E-state index in [1.54, 1.807) is 17.0 Å². The molecule has 29 heavy (non-hydrogen) atoms. The second-order valence-corrected chi connectivity index (χ2v) is 8.57. The highest BCUT2D eigenvalue weighted by atomic mass is 35.5. The number of nitrogens with zero attached hydrogens (tertiary/aromatic N) is 3. The van der Waals surface area contributed by atoms with Crippen molar-refractivity contribution in [2.75, 3.05) is 11.4 Å². The summed E-state index contributed by atoms with van der Waals surface area (Å²) < 4.78 is 28.6. The van der Waals surface area contributed by atoms with Crippen molar-refractivity contribution in [1.82, 2.24) is 5.16 Å². The molecule has 1 aliphatic rings. The second kappa shape index (κ2) is 7.14. The van der Waals surface area contributed by atoms with Crippen LogP contribution in [-0.2, 0) is 23.0 Å². The van der Waals surface area contributed by atoms with Crippen molar-refractivity contribution < 1.29 is 17.9 Å². The Morgan fingerprint density at radius 2 is 1.93 bits per heavy atom. The maximum Gasteiger partial charge on any atom is 0.293 e. The van der Waals surface area contributed by atoms with Gasteiger partial charge in [0.1, 0.15) is 11.4 Å². The smallest absolute Gasteiger partial charge is 0.293 e. The Labute approximate surface area is 170 Å². The summed E-state index contributed by atoms with van der Waals surface area (Å²) in [5.41, 5.74) is 2.42. The number of halogens is 1. The molecule has 2 aromatic carbocycles. The van der Waals surface area contributed by atoms with E-state index >= 15 is 0 Å². The standard InChI is InChI=1S/C18H15ClN4O5S/c19-12-3-1-11(2-4-12)18-14-7-8-22(10-15(14)21-28-18)16-6-5-13(29(20,26)27)9-17(16)23(24)25/h1-6,9H,7-8,10H2,(H2,20,26,27). The minimum atomic E-state index is -4.05. The summed E-state index contributed by atoms with van der Waals surface area (Å²) in [5.74, 6) is 0.649. The molecule has 2 N–H and O–H groups in total. The van der Waals surface area contributed by atoms with E-state index < -0.39 is 14.9 Å². The zero-order valence-electron chi connectivity index (χ0n) is 14.9. The molecule has 0 saturated heterocycles. The maximum absolute atomic E-state index is 11.5. The topological polar surface area (TPSA) is 133 Å². The van der Waals surface area contributed by atoms with Gasteiger partial charge in [0.2, 0.25) is 10.0 Å². The minimum Gasteiger partial charge on any atom is -0.360 e. The molecular weight excluding hydrogens is 420 g/mol. The van der Waals surface area contributed by atoms with Gasteiger partial charge in [0.25, 0.3) is 5.69 Å². The van der Waals surface area contributed by atoms with Gasteiger partial charge in [0.15, 0.2) is 5.76 Å². The average Bonchev–Trinajstić information content (AvgIpc) is 3.10. The summed E-state index contributed by atoms with van der Waals surface area (Å²) in [6.07, 6.45) is 0.560. The van der Waals surface area contributed by atoms with Gasteiger partial charge in [-0.25, -0.2) is 13.6 Å². The van der Waals surface area contributed by atoms with Crippen LogP contribution in [0.3, 0.4) is 0 Å². The van der Waals surface area contributed by atoms with E-state index in [0.717, 1.165) is 17.2 Å². The predicted molar refractivity (Wildman–Crippen MR) is 106 cm³/mol.